The molecule has 58 valence electrons. The first-order valence-electron chi connectivity index (χ1n) is 3.97. The summed E-state index contributed by atoms with van der Waals surface area (Å²) in [4.78, 5) is 9.92. The summed E-state index contributed by atoms with van der Waals surface area (Å²) >= 11 is 0. The van der Waals surface area contributed by atoms with Gasteiger partial charge in [-0.25, -0.2) is 0 Å². The van der Waals surface area contributed by atoms with Gasteiger partial charge in [-0.3, -0.25) is 0 Å². The van der Waals surface area contributed by atoms with Crippen LogP contribution in [-0.2, 0) is 9.53 Å². The predicted molar refractivity (Wildman–Crippen MR) is 38.9 cm³/mol. The molecule has 0 spiro atoms. The number of epoxide rings is 1. The van der Waals surface area contributed by atoms with Gasteiger partial charge in [0.05, 0.1) is 12.2 Å². The van der Waals surface area contributed by atoms with Crippen LogP contribution in [0.5, 0.6) is 0 Å². The van der Waals surface area contributed by atoms with Gasteiger partial charge >= 0.3 is 0 Å². The van der Waals surface area contributed by atoms with E-state index in [2.05, 4.69) is 6.92 Å². The molecule has 1 aliphatic heterocycles. The van der Waals surface area contributed by atoms with E-state index >= 15 is 0 Å². The van der Waals surface area contributed by atoms with Crippen LogP contribution in [0.15, 0.2) is 0 Å². The second kappa shape index (κ2) is 3.71. The summed E-state index contributed by atoms with van der Waals surface area (Å²) in [6, 6.07) is 0. The first kappa shape index (κ1) is 7.73. The second-order valence-electron chi connectivity index (χ2n) is 2.72. The van der Waals surface area contributed by atoms with E-state index in [0.29, 0.717) is 18.6 Å². The van der Waals surface area contributed by atoms with Crippen molar-refractivity contribution in [2.24, 2.45) is 0 Å². The molecule has 0 saturated carbocycles. The number of hydrogen-bond acceptors (Lipinski definition) is 2. The lowest BCUT2D eigenvalue weighted by molar-refractivity contribution is -0.107. The van der Waals surface area contributed by atoms with Gasteiger partial charge in [-0.05, 0) is 19.3 Å². The van der Waals surface area contributed by atoms with Crippen LogP contribution in [-0.4, -0.2) is 18.5 Å². The molecule has 1 rings (SSSR count). The Morgan fingerprint density at radius 1 is 1.50 bits per heavy atom. The van der Waals surface area contributed by atoms with Crippen molar-refractivity contribution in [2.45, 2.75) is 44.8 Å². The maximum Gasteiger partial charge on any atom is 0.119 e. The molecule has 0 aromatic heterocycles. The molecule has 0 amide bonds. The van der Waals surface area contributed by atoms with Crippen LogP contribution in [0.1, 0.15) is 32.6 Å². The van der Waals surface area contributed by atoms with E-state index < -0.39 is 0 Å². The monoisotopic (exact) mass is 142 g/mol. The van der Waals surface area contributed by atoms with Gasteiger partial charge < -0.3 is 9.53 Å². The van der Waals surface area contributed by atoms with Crippen molar-refractivity contribution in [1.82, 2.24) is 0 Å². The molecular weight excluding hydrogens is 128 g/mol. The summed E-state index contributed by atoms with van der Waals surface area (Å²) in [5, 5.41) is 0. The zero-order valence-electron chi connectivity index (χ0n) is 6.38. The van der Waals surface area contributed by atoms with Crippen molar-refractivity contribution < 1.29 is 9.53 Å². The van der Waals surface area contributed by atoms with Gasteiger partial charge in [-0.2, -0.15) is 0 Å². The second-order valence-corrected chi connectivity index (χ2v) is 2.72. The molecule has 0 aromatic carbocycles. The average molecular weight is 142 g/mol. The maximum absolute atomic E-state index is 9.92. The number of rotatable bonds is 5. The molecule has 0 N–H and O–H groups in total. The lowest BCUT2D eigenvalue weighted by Crippen LogP contribution is -1.91. The van der Waals surface area contributed by atoms with Gasteiger partial charge in [-0.15, -0.1) is 0 Å². The summed E-state index contributed by atoms with van der Waals surface area (Å²) < 4.78 is 5.30. The van der Waals surface area contributed by atoms with E-state index in [9.17, 15) is 4.79 Å². The standard InChI is InChI=1S/C8H14O2/c1-2-7-8(10-7)5-3-4-6-9/h6-8H,2-5H2,1H3/t7-,8+/m0/s1. The highest BCUT2D eigenvalue weighted by atomic mass is 16.6. The van der Waals surface area contributed by atoms with Crippen LogP contribution in [0.25, 0.3) is 0 Å². The van der Waals surface area contributed by atoms with Crippen molar-refractivity contribution in [3.63, 3.8) is 0 Å². The fourth-order valence-corrected chi connectivity index (χ4v) is 1.19. The Morgan fingerprint density at radius 3 is 2.80 bits per heavy atom. The first-order valence-corrected chi connectivity index (χ1v) is 3.97. The lowest BCUT2D eigenvalue weighted by atomic mass is 10.1. The Hall–Kier alpha value is -0.370. The minimum atomic E-state index is 0.477. The molecule has 2 nitrogen and oxygen atoms in total. The highest BCUT2D eigenvalue weighted by Gasteiger charge is 2.35. The van der Waals surface area contributed by atoms with E-state index in [4.69, 9.17) is 4.74 Å². The molecule has 0 bridgehead atoms. The van der Waals surface area contributed by atoms with Crippen LogP contribution in [0.4, 0.5) is 0 Å². The van der Waals surface area contributed by atoms with Crippen LogP contribution in [0.2, 0.25) is 0 Å². The quantitative estimate of drug-likeness (QED) is 0.331. The summed E-state index contributed by atoms with van der Waals surface area (Å²) in [5.74, 6) is 0. The molecule has 2 atom stereocenters. The van der Waals surface area contributed by atoms with Gasteiger partial charge in [0.1, 0.15) is 6.29 Å². The molecule has 0 aliphatic carbocycles. The third-order valence-electron chi connectivity index (χ3n) is 1.90. The summed E-state index contributed by atoms with van der Waals surface area (Å²) in [6.45, 7) is 2.13. The highest BCUT2D eigenvalue weighted by Crippen LogP contribution is 2.28. The summed E-state index contributed by atoms with van der Waals surface area (Å²) in [7, 11) is 0. The number of unbranched alkanes of at least 4 members (excludes halogenated alkanes) is 1. The van der Waals surface area contributed by atoms with Crippen molar-refractivity contribution in [2.75, 3.05) is 0 Å². The van der Waals surface area contributed by atoms with Crippen molar-refractivity contribution >= 4 is 6.29 Å². The van der Waals surface area contributed by atoms with Gasteiger partial charge in [0.25, 0.3) is 0 Å². The van der Waals surface area contributed by atoms with Crippen molar-refractivity contribution in [1.29, 1.82) is 0 Å². The lowest BCUT2D eigenvalue weighted by Gasteiger charge is -1.88. The van der Waals surface area contributed by atoms with Crippen molar-refractivity contribution in [3.05, 3.63) is 0 Å². The first-order chi connectivity index (χ1) is 4.88. The molecule has 0 unspecified atom stereocenters. The summed E-state index contributed by atoms with van der Waals surface area (Å²) in [6.07, 6.45) is 5.82. The zero-order valence-corrected chi connectivity index (χ0v) is 6.38. The maximum atomic E-state index is 9.92. The third-order valence-corrected chi connectivity index (χ3v) is 1.90. The topological polar surface area (TPSA) is 29.6 Å². The fourth-order valence-electron chi connectivity index (χ4n) is 1.19. The predicted octanol–water partition coefficient (Wildman–Crippen LogP) is 1.53. The Morgan fingerprint density at radius 2 is 2.30 bits per heavy atom. The smallest absolute Gasteiger partial charge is 0.119 e. The minimum absolute atomic E-state index is 0.477. The van der Waals surface area contributed by atoms with Gasteiger partial charge in [0.2, 0.25) is 0 Å². The average Bonchev–Trinajstić information content (AvgIpc) is 2.68. The molecule has 1 aliphatic rings. The van der Waals surface area contributed by atoms with Crippen LogP contribution in [0, 0.1) is 0 Å². The number of aldehydes is 1. The van der Waals surface area contributed by atoms with Gasteiger partial charge in [0, 0.05) is 6.42 Å². The minimum Gasteiger partial charge on any atom is -0.370 e. The van der Waals surface area contributed by atoms with E-state index in [-0.39, 0.29) is 0 Å². The van der Waals surface area contributed by atoms with E-state index in [1.54, 1.807) is 0 Å². The van der Waals surface area contributed by atoms with Crippen LogP contribution < -0.4 is 0 Å². The normalized spacial score (nSPS) is 30.1. The molecule has 1 heterocycles. The van der Waals surface area contributed by atoms with E-state index in [0.717, 1.165) is 25.5 Å². The molecule has 0 aromatic rings. The third kappa shape index (κ3) is 2.10. The van der Waals surface area contributed by atoms with Gasteiger partial charge in [-0.1, -0.05) is 6.92 Å². The van der Waals surface area contributed by atoms with Crippen LogP contribution >= 0.6 is 0 Å². The number of hydrogen-bond donors (Lipinski definition) is 0. The molecule has 2 heteroatoms. The number of carbonyl (C=O) groups is 1. The molecule has 10 heavy (non-hydrogen) atoms. The van der Waals surface area contributed by atoms with Gasteiger partial charge in [0.15, 0.2) is 0 Å². The molecule has 0 radical (unpaired) electrons. The fraction of sp³-hybridized carbons (Fsp3) is 0.875. The van der Waals surface area contributed by atoms with E-state index in [1.807, 2.05) is 0 Å². The Kier molecular flexibility index (Phi) is 2.87. The van der Waals surface area contributed by atoms with Crippen molar-refractivity contribution in [3.8, 4) is 0 Å². The molecular formula is C8H14O2. The van der Waals surface area contributed by atoms with E-state index in [1.165, 1.54) is 0 Å². The largest absolute Gasteiger partial charge is 0.370 e. The Balaban J connectivity index is 1.91. The zero-order chi connectivity index (χ0) is 7.40. The summed E-state index contributed by atoms with van der Waals surface area (Å²) in [5.41, 5.74) is 0. The SMILES string of the molecule is CC[C@@H]1O[C@@H]1CCCC=O. The highest BCUT2D eigenvalue weighted by molar-refractivity contribution is 5.48. The molecule has 1 saturated heterocycles. The Labute approximate surface area is 61.6 Å². The molecule has 1 fully saturated rings. The Bertz CT molecular complexity index is 112. The number of ether oxygens (including phenoxy) is 1. The number of carbonyl (C=O) groups excluding carboxylic acids is 1. The van der Waals surface area contributed by atoms with Crippen LogP contribution in [0.3, 0.4) is 0 Å².